The van der Waals surface area contributed by atoms with Gasteiger partial charge in [0.15, 0.2) is 0 Å². The molecule has 12 heavy (non-hydrogen) atoms. The first-order valence-corrected chi connectivity index (χ1v) is 4.66. The van der Waals surface area contributed by atoms with Gasteiger partial charge in [0.2, 0.25) is 0 Å². The van der Waals surface area contributed by atoms with Crippen molar-refractivity contribution in [3.8, 4) is 0 Å². The van der Waals surface area contributed by atoms with Crippen LogP contribution in [0, 0.1) is 13.8 Å². The lowest BCUT2D eigenvalue weighted by Crippen LogP contribution is -1.90. The molecule has 1 aromatic rings. The van der Waals surface area contributed by atoms with E-state index in [1.165, 1.54) is 11.3 Å². The topological polar surface area (TPSA) is 12.9 Å². The summed E-state index contributed by atoms with van der Waals surface area (Å²) in [6, 6.07) is 4.23. The smallest absolute Gasteiger partial charge is 0.0406 e. The van der Waals surface area contributed by atoms with Crippen LogP contribution in [0.2, 0.25) is 0 Å². The van der Waals surface area contributed by atoms with E-state index in [-0.39, 0.29) is 0 Å². The summed E-state index contributed by atoms with van der Waals surface area (Å²) in [5.74, 6) is 0. The van der Waals surface area contributed by atoms with Crippen LogP contribution < -0.4 is 0 Å². The molecule has 68 valence electrons. The summed E-state index contributed by atoms with van der Waals surface area (Å²) in [5.41, 5.74) is 3.62. The minimum Gasteiger partial charge on any atom is -0.258 e. The molecule has 0 radical (unpaired) electrons. The summed E-state index contributed by atoms with van der Waals surface area (Å²) in [4.78, 5) is 4.35. The summed E-state index contributed by atoms with van der Waals surface area (Å²) in [6.45, 7) is 10.3. The van der Waals surface area contributed by atoms with Gasteiger partial charge in [-0.2, -0.15) is 0 Å². The molecule has 0 saturated carbocycles. The Balaban J connectivity index is 0.000000561. The van der Waals surface area contributed by atoms with E-state index in [1.807, 2.05) is 20.8 Å². The third-order valence-electron chi connectivity index (χ3n) is 1.51. The number of nitrogens with zero attached hydrogens (tertiary/aromatic N) is 1. The molecule has 1 nitrogen and oxygen atoms in total. The molecule has 0 N–H and O–H groups in total. The van der Waals surface area contributed by atoms with Gasteiger partial charge < -0.3 is 0 Å². The quantitative estimate of drug-likeness (QED) is 0.622. The van der Waals surface area contributed by atoms with Gasteiger partial charge in [-0.1, -0.05) is 20.8 Å². The van der Waals surface area contributed by atoms with Crippen molar-refractivity contribution in [1.29, 1.82) is 0 Å². The van der Waals surface area contributed by atoms with Crippen LogP contribution in [0.15, 0.2) is 12.1 Å². The van der Waals surface area contributed by atoms with Crippen molar-refractivity contribution in [3.63, 3.8) is 0 Å². The van der Waals surface area contributed by atoms with E-state index in [0.29, 0.717) is 0 Å². The highest BCUT2D eigenvalue weighted by atomic mass is 14.7. The molecule has 0 fully saturated rings. The van der Waals surface area contributed by atoms with Crippen LogP contribution in [0.4, 0.5) is 0 Å². The number of hydrogen-bond donors (Lipinski definition) is 0. The molecule has 0 saturated heterocycles. The first-order valence-electron chi connectivity index (χ1n) is 4.66. The van der Waals surface area contributed by atoms with Crippen LogP contribution >= 0.6 is 0 Å². The fourth-order valence-electron chi connectivity index (χ4n) is 1.11. The Morgan fingerprint density at radius 2 is 1.75 bits per heavy atom. The molecule has 0 aliphatic rings. The van der Waals surface area contributed by atoms with Crippen molar-refractivity contribution in [3.05, 3.63) is 29.1 Å². The molecule has 1 heteroatoms. The lowest BCUT2D eigenvalue weighted by Gasteiger charge is -1.99. The molecule has 0 aliphatic carbocycles. The molecule has 0 amide bonds. The molecule has 0 spiro atoms. The molecular weight excluding hydrogens is 146 g/mol. The second-order valence-corrected chi connectivity index (χ2v) is 2.63. The SMILES string of the molecule is CC.CCc1cc(C)cc(C)n1. The third-order valence-corrected chi connectivity index (χ3v) is 1.51. The number of rotatable bonds is 1. The van der Waals surface area contributed by atoms with Gasteiger partial charge in [-0.15, -0.1) is 0 Å². The second kappa shape index (κ2) is 5.76. The highest BCUT2D eigenvalue weighted by Crippen LogP contribution is 2.03. The second-order valence-electron chi connectivity index (χ2n) is 2.63. The van der Waals surface area contributed by atoms with Crippen molar-refractivity contribution in [2.24, 2.45) is 0 Å². The van der Waals surface area contributed by atoms with Gasteiger partial charge in [0.05, 0.1) is 0 Å². The maximum Gasteiger partial charge on any atom is 0.0406 e. The zero-order chi connectivity index (χ0) is 9.56. The van der Waals surface area contributed by atoms with E-state index >= 15 is 0 Å². The minimum atomic E-state index is 1.03. The van der Waals surface area contributed by atoms with Crippen LogP contribution in [0.5, 0.6) is 0 Å². The first kappa shape index (κ1) is 11.2. The fourth-order valence-corrected chi connectivity index (χ4v) is 1.11. The highest BCUT2D eigenvalue weighted by Gasteiger charge is 1.92. The Morgan fingerprint density at radius 3 is 2.17 bits per heavy atom. The monoisotopic (exact) mass is 165 g/mol. The standard InChI is InChI=1S/C9H13N.C2H6/c1-4-9-6-7(2)5-8(3)10-9;1-2/h5-6H,4H2,1-3H3;1-2H3. The van der Waals surface area contributed by atoms with Crippen molar-refractivity contribution in [1.82, 2.24) is 4.98 Å². The first-order chi connectivity index (χ1) is 5.72. The van der Waals surface area contributed by atoms with Crippen molar-refractivity contribution < 1.29 is 0 Å². The summed E-state index contributed by atoms with van der Waals surface area (Å²) in [6.07, 6.45) is 1.03. The molecular formula is C11H19N. The number of hydrogen-bond acceptors (Lipinski definition) is 1. The zero-order valence-corrected chi connectivity index (χ0v) is 8.81. The van der Waals surface area contributed by atoms with Crippen LogP contribution in [0.1, 0.15) is 37.7 Å². The largest absolute Gasteiger partial charge is 0.258 e. The predicted octanol–water partition coefficient (Wildman–Crippen LogP) is 3.29. The van der Waals surface area contributed by atoms with Gasteiger partial charge in [0, 0.05) is 11.4 Å². The van der Waals surface area contributed by atoms with E-state index in [4.69, 9.17) is 0 Å². The zero-order valence-electron chi connectivity index (χ0n) is 8.81. The summed E-state index contributed by atoms with van der Waals surface area (Å²) in [5, 5.41) is 0. The third kappa shape index (κ3) is 3.51. The van der Waals surface area contributed by atoms with Crippen molar-refractivity contribution in [2.45, 2.75) is 41.0 Å². The van der Waals surface area contributed by atoms with Gasteiger partial charge in [-0.25, -0.2) is 0 Å². The average Bonchev–Trinajstić information content (AvgIpc) is 2.06. The van der Waals surface area contributed by atoms with Crippen LogP contribution in [-0.4, -0.2) is 4.98 Å². The molecule has 1 aromatic heterocycles. The van der Waals surface area contributed by atoms with Crippen LogP contribution in [-0.2, 0) is 6.42 Å². The summed E-state index contributed by atoms with van der Waals surface area (Å²) in [7, 11) is 0. The number of aryl methyl sites for hydroxylation is 3. The highest BCUT2D eigenvalue weighted by molar-refractivity contribution is 5.19. The molecule has 1 rings (SSSR count). The average molecular weight is 165 g/mol. The molecule has 0 aliphatic heterocycles. The maximum absolute atomic E-state index is 4.35. The molecule has 0 unspecified atom stereocenters. The summed E-state index contributed by atoms with van der Waals surface area (Å²) >= 11 is 0. The predicted molar refractivity (Wildman–Crippen MR) is 54.4 cm³/mol. The van der Waals surface area contributed by atoms with Gasteiger partial charge in [-0.05, 0) is 38.0 Å². The maximum atomic E-state index is 4.35. The molecule has 0 atom stereocenters. The van der Waals surface area contributed by atoms with Gasteiger partial charge in [-0.3, -0.25) is 4.98 Å². The molecule has 0 bridgehead atoms. The van der Waals surface area contributed by atoms with Gasteiger partial charge in [0.25, 0.3) is 0 Å². The molecule has 0 aromatic carbocycles. The lowest BCUT2D eigenvalue weighted by molar-refractivity contribution is 0.997. The van der Waals surface area contributed by atoms with E-state index in [0.717, 1.165) is 12.1 Å². The van der Waals surface area contributed by atoms with Crippen LogP contribution in [0.25, 0.3) is 0 Å². The van der Waals surface area contributed by atoms with Gasteiger partial charge in [0.1, 0.15) is 0 Å². The van der Waals surface area contributed by atoms with E-state index < -0.39 is 0 Å². The Bertz CT molecular complexity index is 208. The molecule has 1 heterocycles. The van der Waals surface area contributed by atoms with Gasteiger partial charge >= 0.3 is 0 Å². The van der Waals surface area contributed by atoms with E-state index in [1.54, 1.807) is 0 Å². The lowest BCUT2D eigenvalue weighted by atomic mass is 10.2. The fraction of sp³-hybridized carbons (Fsp3) is 0.545. The van der Waals surface area contributed by atoms with Crippen molar-refractivity contribution in [2.75, 3.05) is 0 Å². The Kier molecular flexibility index (Phi) is 5.35. The number of pyridine rings is 1. The normalized spacial score (nSPS) is 8.75. The van der Waals surface area contributed by atoms with Crippen LogP contribution in [0.3, 0.4) is 0 Å². The van der Waals surface area contributed by atoms with Crippen molar-refractivity contribution >= 4 is 0 Å². The van der Waals surface area contributed by atoms with E-state index in [2.05, 4.69) is 31.0 Å². The Hall–Kier alpha value is -0.850. The Labute approximate surface area is 75.8 Å². The number of aromatic nitrogens is 1. The van der Waals surface area contributed by atoms with E-state index in [9.17, 15) is 0 Å². The Morgan fingerprint density at radius 1 is 1.17 bits per heavy atom. The summed E-state index contributed by atoms with van der Waals surface area (Å²) < 4.78 is 0. The minimum absolute atomic E-state index is 1.03.